The molecular formula is C21H25BrN4O2. The number of amides is 1. The third-order valence-electron chi connectivity index (χ3n) is 4.62. The van der Waals surface area contributed by atoms with Crippen LogP contribution < -0.4 is 20.7 Å². The Bertz CT molecular complexity index is 869. The molecular weight excluding hydrogens is 420 g/mol. The second-order valence-electron chi connectivity index (χ2n) is 6.57. The van der Waals surface area contributed by atoms with Crippen LogP contribution in [0.1, 0.15) is 30.4 Å². The van der Waals surface area contributed by atoms with Crippen LogP contribution >= 0.6 is 15.9 Å². The predicted molar refractivity (Wildman–Crippen MR) is 116 cm³/mol. The molecule has 1 atom stereocenters. The van der Waals surface area contributed by atoms with E-state index in [-0.39, 0.29) is 11.8 Å². The Balaban J connectivity index is 1.71. The first kappa shape index (κ1) is 20.2. The number of benzene rings is 2. The van der Waals surface area contributed by atoms with E-state index in [1.807, 2.05) is 43.3 Å². The molecule has 0 bridgehead atoms. The summed E-state index contributed by atoms with van der Waals surface area (Å²) in [7, 11) is 1.66. The minimum atomic E-state index is 0.0475. The van der Waals surface area contributed by atoms with Crippen molar-refractivity contribution in [2.24, 2.45) is 4.99 Å². The summed E-state index contributed by atoms with van der Waals surface area (Å²) in [4.78, 5) is 16.7. The van der Waals surface area contributed by atoms with Crippen LogP contribution in [0.2, 0.25) is 0 Å². The van der Waals surface area contributed by atoms with Crippen molar-refractivity contribution in [3.8, 4) is 5.75 Å². The molecule has 6 nitrogen and oxygen atoms in total. The Kier molecular flexibility index (Phi) is 6.92. The molecule has 1 aliphatic rings. The third kappa shape index (κ3) is 5.04. The van der Waals surface area contributed by atoms with E-state index in [1.54, 1.807) is 7.11 Å². The Hall–Kier alpha value is -2.54. The number of guanidine groups is 1. The van der Waals surface area contributed by atoms with Gasteiger partial charge >= 0.3 is 0 Å². The molecule has 1 unspecified atom stereocenters. The molecule has 0 aliphatic carbocycles. The maximum absolute atomic E-state index is 12.0. The predicted octanol–water partition coefficient (Wildman–Crippen LogP) is 3.64. The van der Waals surface area contributed by atoms with Crippen LogP contribution in [0.25, 0.3) is 0 Å². The second-order valence-corrected chi connectivity index (χ2v) is 7.48. The highest BCUT2D eigenvalue weighted by Crippen LogP contribution is 2.31. The van der Waals surface area contributed by atoms with Crippen LogP contribution in [0.3, 0.4) is 0 Å². The van der Waals surface area contributed by atoms with E-state index < -0.39 is 0 Å². The molecule has 7 heteroatoms. The van der Waals surface area contributed by atoms with Crippen LogP contribution in [0.4, 0.5) is 5.69 Å². The quantitative estimate of drug-likeness (QED) is 0.469. The molecule has 0 spiro atoms. The van der Waals surface area contributed by atoms with Gasteiger partial charge in [-0.05, 0) is 36.8 Å². The van der Waals surface area contributed by atoms with E-state index in [0.717, 1.165) is 33.6 Å². The first-order valence-corrected chi connectivity index (χ1v) is 10.1. The lowest BCUT2D eigenvalue weighted by atomic mass is 9.90. The van der Waals surface area contributed by atoms with E-state index >= 15 is 0 Å². The Labute approximate surface area is 173 Å². The number of carbonyl (C=O) groups is 1. The fraction of sp³-hybridized carbons (Fsp3) is 0.333. The Morgan fingerprint density at radius 3 is 2.89 bits per heavy atom. The molecule has 2 aromatic rings. The molecule has 0 radical (unpaired) electrons. The van der Waals surface area contributed by atoms with Crippen LogP contribution in [0.15, 0.2) is 51.9 Å². The van der Waals surface area contributed by atoms with Gasteiger partial charge in [0, 0.05) is 41.2 Å². The summed E-state index contributed by atoms with van der Waals surface area (Å²) >= 11 is 3.49. The first-order chi connectivity index (χ1) is 13.6. The first-order valence-electron chi connectivity index (χ1n) is 9.34. The van der Waals surface area contributed by atoms with Crippen molar-refractivity contribution in [3.63, 3.8) is 0 Å². The highest BCUT2D eigenvalue weighted by molar-refractivity contribution is 9.10. The number of methoxy groups -OCH3 is 1. The van der Waals surface area contributed by atoms with Crippen LogP contribution in [-0.2, 0) is 11.3 Å². The maximum Gasteiger partial charge on any atom is 0.225 e. The molecule has 1 amide bonds. The van der Waals surface area contributed by atoms with Crippen molar-refractivity contribution >= 4 is 33.5 Å². The van der Waals surface area contributed by atoms with Gasteiger partial charge in [0.2, 0.25) is 5.91 Å². The van der Waals surface area contributed by atoms with Gasteiger partial charge in [-0.15, -0.1) is 0 Å². The zero-order chi connectivity index (χ0) is 19.9. The van der Waals surface area contributed by atoms with Gasteiger partial charge in [0.15, 0.2) is 5.96 Å². The van der Waals surface area contributed by atoms with E-state index in [1.165, 1.54) is 0 Å². The van der Waals surface area contributed by atoms with Gasteiger partial charge in [0.1, 0.15) is 5.75 Å². The zero-order valence-electron chi connectivity index (χ0n) is 16.1. The second kappa shape index (κ2) is 9.59. The number of nitrogens with zero attached hydrogens (tertiary/aromatic N) is 1. The molecule has 1 aliphatic heterocycles. The Morgan fingerprint density at radius 2 is 2.11 bits per heavy atom. The minimum absolute atomic E-state index is 0.0475. The lowest BCUT2D eigenvalue weighted by molar-refractivity contribution is -0.116. The van der Waals surface area contributed by atoms with Gasteiger partial charge in [0.25, 0.3) is 0 Å². The standard InChI is InChI=1S/C21H25BrN4O2/c1-3-23-21(25-13-15-10-16(22)8-9-19(15)28-2)24-12-14-11-20(27)26-18-7-5-4-6-17(14)18/h4-10,14H,3,11-13H2,1-2H3,(H,26,27)(H2,23,24,25). The number of fused-ring (bicyclic) bond motifs is 1. The lowest BCUT2D eigenvalue weighted by Gasteiger charge is -2.26. The van der Waals surface area contributed by atoms with Gasteiger partial charge in [-0.25, -0.2) is 4.99 Å². The molecule has 1 heterocycles. The summed E-state index contributed by atoms with van der Waals surface area (Å²) in [6.07, 6.45) is 0.461. The largest absolute Gasteiger partial charge is 0.496 e. The van der Waals surface area contributed by atoms with Crippen LogP contribution in [0.5, 0.6) is 5.75 Å². The summed E-state index contributed by atoms with van der Waals surface area (Å²) in [6.45, 7) is 3.90. The zero-order valence-corrected chi connectivity index (χ0v) is 17.7. The number of para-hydroxylation sites is 1. The van der Waals surface area contributed by atoms with Crippen molar-refractivity contribution in [1.29, 1.82) is 0 Å². The Morgan fingerprint density at radius 1 is 1.29 bits per heavy atom. The fourth-order valence-electron chi connectivity index (χ4n) is 3.28. The average molecular weight is 445 g/mol. The van der Waals surface area contributed by atoms with Crippen molar-refractivity contribution in [2.75, 3.05) is 25.5 Å². The number of hydrogen-bond donors (Lipinski definition) is 3. The van der Waals surface area contributed by atoms with Crippen molar-refractivity contribution in [3.05, 3.63) is 58.1 Å². The molecule has 0 saturated carbocycles. The summed E-state index contributed by atoms with van der Waals surface area (Å²) in [5.74, 6) is 1.68. The number of aliphatic imine (C=N–C) groups is 1. The summed E-state index contributed by atoms with van der Waals surface area (Å²) in [5, 5.41) is 9.58. The molecule has 2 aromatic carbocycles. The molecule has 0 aromatic heterocycles. The number of carbonyl (C=O) groups excluding carboxylic acids is 1. The molecule has 0 saturated heterocycles. The number of rotatable bonds is 6. The van der Waals surface area contributed by atoms with Crippen molar-refractivity contribution < 1.29 is 9.53 Å². The van der Waals surface area contributed by atoms with E-state index in [4.69, 9.17) is 4.74 Å². The topological polar surface area (TPSA) is 74.8 Å². The molecule has 0 fully saturated rings. The van der Waals surface area contributed by atoms with Gasteiger partial charge in [-0.2, -0.15) is 0 Å². The summed E-state index contributed by atoms with van der Waals surface area (Å²) in [6, 6.07) is 13.8. The summed E-state index contributed by atoms with van der Waals surface area (Å²) < 4.78 is 6.41. The monoisotopic (exact) mass is 444 g/mol. The van der Waals surface area contributed by atoms with Crippen molar-refractivity contribution in [2.45, 2.75) is 25.8 Å². The number of anilines is 1. The van der Waals surface area contributed by atoms with Gasteiger partial charge in [-0.1, -0.05) is 34.1 Å². The third-order valence-corrected chi connectivity index (χ3v) is 5.11. The molecule has 3 rings (SSSR count). The molecule has 28 heavy (non-hydrogen) atoms. The van der Waals surface area contributed by atoms with E-state index in [9.17, 15) is 4.79 Å². The van der Waals surface area contributed by atoms with Crippen molar-refractivity contribution in [1.82, 2.24) is 10.6 Å². The number of hydrogen-bond acceptors (Lipinski definition) is 3. The maximum atomic E-state index is 12.0. The van der Waals surface area contributed by atoms with Crippen LogP contribution in [0, 0.1) is 0 Å². The number of halogens is 1. The van der Waals surface area contributed by atoms with Crippen LogP contribution in [-0.4, -0.2) is 32.1 Å². The van der Waals surface area contributed by atoms with Gasteiger partial charge < -0.3 is 20.7 Å². The number of nitrogens with one attached hydrogen (secondary N) is 3. The highest BCUT2D eigenvalue weighted by atomic mass is 79.9. The molecule has 3 N–H and O–H groups in total. The smallest absolute Gasteiger partial charge is 0.225 e. The highest BCUT2D eigenvalue weighted by Gasteiger charge is 2.24. The SMILES string of the molecule is CCNC(=NCc1cc(Br)ccc1OC)NCC1CC(=O)Nc2ccccc21. The summed E-state index contributed by atoms with van der Waals surface area (Å²) in [5.41, 5.74) is 3.04. The van der Waals surface area contributed by atoms with E-state index in [2.05, 4.69) is 42.9 Å². The van der Waals surface area contributed by atoms with E-state index in [0.29, 0.717) is 25.5 Å². The normalized spacial score (nSPS) is 16.2. The van der Waals surface area contributed by atoms with Gasteiger partial charge in [-0.3, -0.25) is 4.79 Å². The lowest BCUT2D eigenvalue weighted by Crippen LogP contribution is -2.40. The fourth-order valence-corrected chi connectivity index (χ4v) is 3.69. The average Bonchev–Trinajstić information content (AvgIpc) is 2.69. The molecule has 148 valence electrons. The minimum Gasteiger partial charge on any atom is -0.496 e. The van der Waals surface area contributed by atoms with Gasteiger partial charge in [0.05, 0.1) is 13.7 Å². The number of ether oxygens (including phenoxy) is 1.